The van der Waals surface area contributed by atoms with Gasteiger partial charge in [0.25, 0.3) is 0 Å². The highest BCUT2D eigenvalue weighted by atomic mass is 16.1. The molecule has 2 aliphatic rings. The fraction of sp³-hybridized carbons (Fsp3) is 0.941. The van der Waals surface area contributed by atoms with Gasteiger partial charge in [-0.15, -0.1) is 0 Å². The molecule has 0 aliphatic heterocycles. The Labute approximate surface area is 124 Å². The van der Waals surface area contributed by atoms with Crippen LogP contribution in [-0.4, -0.2) is 18.5 Å². The quantitative estimate of drug-likeness (QED) is 0.812. The van der Waals surface area contributed by atoms with E-state index in [1.165, 1.54) is 32.1 Å². The summed E-state index contributed by atoms with van der Waals surface area (Å²) < 4.78 is 0. The second-order valence-corrected chi connectivity index (χ2v) is 6.87. The summed E-state index contributed by atoms with van der Waals surface area (Å²) in [6.07, 6.45) is 12.1. The average molecular weight is 280 g/mol. The zero-order chi connectivity index (χ0) is 14.4. The van der Waals surface area contributed by atoms with Crippen LogP contribution in [0.4, 0.5) is 0 Å². The molecule has 3 nitrogen and oxygen atoms in total. The molecule has 1 unspecified atom stereocenters. The Balaban J connectivity index is 1.79. The maximum absolute atomic E-state index is 12.5. The SMILES string of the molecule is CCC(NC(=O)C1CCC(CN)CC1)C1CCCCC1. The van der Waals surface area contributed by atoms with E-state index in [2.05, 4.69) is 12.2 Å². The first kappa shape index (κ1) is 15.8. The molecule has 0 aromatic carbocycles. The van der Waals surface area contributed by atoms with Crippen LogP contribution in [0.1, 0.15) is 71.1 Å². The third-order valence-corrected chi connectivity index (χ3v) is 5.54. The first-order valence-electron chi connectivity index (χ1n) is 8.75. The Morgan fingerprint density at radius 3 is 2.30 bits per heavy atom. The van der Waals surface area contributed by atoms with Crippen LogP contribution in [0.3, 0.4) is 0 Å². The standard InChI is InChI=1S/C17H32N2O/c1-2-16(14-6-4-3-5-7-14)19-17(20)15-10-8-13(12-18)9-11-15/h13-16H,2-12,18H2,1H3,(H,19,20). The maximum atomic E-state index is 12.5. The zero-order valence-electron chi connectivity index (χ0n) is 13.1. The summed E-state index contributed by atoms with van der Waals surface area (Å²) in [7, 11) is 0. The monoisotopic (exact) mass is 280 g/mol. The van der Waals surface area contributed by atoms with E-state index in [1.807, 2.05) is 0 Å². The highest BCUT2D eigenvalue weighted by Crippen LogP contribution is 2.30. The molecule has 0 aromatic rings. The molecule has 3 N–H and O–H groups in total. The van der Waals surface area contributed by atoms with Crippen molar-refractivity contribution >= 4 is 5.91 Å². The van der Waals surface area contributed by atoms with Crippen molar-refractivity contribution in [3.05, 3.63) is 0 Å². The molecule has 2 saturated carbocycles. The lowest BCUT2D eigenvalue weighted by Crippen LogP contribution is -2.44. The van der Waals surface area contributed by atoms with Gasteiger partial charge in [0, 0.05) is 12.0 Å². The second-order valence-electron chi connectivity index (χ2n) is 6.87. The predicted octanol–water partition coefficient (Wildman–Crippen LogP) is 3.23. The number of rotatable bonds is 5. The molecule has 0 aromatic heterocycles. The van der Waals surface area contributed by atoms with Crippen molar-refractivity contribution in [3.8, 4) is 0 Å². The highest BCUT2D eigenvalue weighted by Gasteiger charge is 2.29. The van der Waals surface area contributed by atoms with E-state index in [-0.39, 0.29) is 5.92 Å². The molecular weight excluding hydrogens is 248 g/mol. The van der Waals surface area contributed by atoms with Crippen molar-refractivity contribution in [2.24, 2.45) is 23.5 Å². The van der Waals surface area contributed by atoms with E-state index < -0.39 is 0 Å². The molecule has 2 aliphatic carbocycles. The molecule has 1 amide bonds. The van der Waals surface area contributed by atoms with Gasteiger partial charge in [0.2, 0.25) is 5.91 Å². The van der Waals surface area contributed by atoms with Gasteiger partial charge < -0.3 is 11.1 Å². The number of nitrogens with two attached hydrogens (primary N) is 1. The van der Waals surface area contributed by atoms with E-state index in [0.29, 0.717) is 17.9 Å². The first-order chi connectivity index (χ1) is 9.74. The van der Waals surface area contributed by atoms with Crippen LogP contribution < -0.4 is 11.1 Å². The molecule has 3 heteroatoms. The predicted molar refractivity (Wildman–Crippen MR) is 83.3 cm³/mol. The van der Waals surface area contributed by atoms with Gasteiger partial charge >= 0.3 is 0 Å². The summed E-state index contributed by atoms with van der Waals surface area (Å²) in [5.74, 6) is 1.94. The minimum atomic E-state index is 0.246. The fourth-order valence-corrected chi connectivity index (χ4v) is 4.05. The summed E-state index contributed by atoms with van der Waals surface area (Å²) in [5, 5.41) is 3.37. The lowest BCUT2D eigenvalue weighted by molar-refractivity contribution is -0.127. The molecule has 0 saturated heterocycles. The van der Waals surface area contributed by atoms with Gasteiger partial charge in [-0.05, 0) is 63.3 Å². The minimum Gasteiger partial charge on any atom is -0.353 e. The Morgan fingerprint density at radius 1 is 1.10 bits per heavy atom. The molecule has 0 spiro atoms. The molecule has 1 atom stereocenters. The van der Waals surface area contributed by atoms with E-state index in [0.717, 1.165) is 44.6 Å². The summed E-state index contributed by atoms with van der Waals surface area (Å²) in [5.41, 5.74) is 5.72. The molecule has 116 valence electrons. The molecule has 2 rings (SSSR count). The van der Waals surface area contributed by atoms with Crippen LogP contribution in [0.25, 0.3) is 0 Å². The van der Waals surface area contributed by atoms with Crippen molar-refractivity contribution in [1.82, 2.24) is 5.32 Å². The number of amides is 1. The average Bonchev–Trinajstić information content (AvgIpc) is 2.53. The van der Waals surface area contributed by atoms with Crippen LogP contribution in [0.15, 0.2) is 0 Å². The molecule has 0 radical (unpaired) electrons. The Bertz CT molecular complexity index is 291. The topological polar surface area (TPSA) is 55.1 Å². The third-order valence-electron chi connectivity index (χ3n) is 5.54. The summed E-state index contributed by atoms with van der Waals surface area (Å²) in [4.78, 5) is 12.5. The van der Waals surface area contributed by atoms with E-state index in [4.69, 9.17) is 5.73 Å². The zero-order valence-corrected chi connectivity index (χ0v) is 13.1. The first-order valence-corrected chi connectivity index (χ1v) is 8.75. The van der Waals surface area contributed by atoms with E-state index >= 15 is 0 Å². The van der Waals surface area contributed by atoms with E-state index in [9.17, 15) is 4.79 Å². The number of hydrogen-bond donors (Lipinski definition) is 2. The largest absolute Gasteiger partial charge is 0.353 e. The van der Waals surface area contributed by atoms with E-state index in [1.54, 1.807) is 0 Å². The van der Waals surface area contributed by atoms with Gasteiger partial charge in [-0.3, -0.25) is 4.79 Å². The molecule has 0 bridgehead atoms. The van der Waals surface area contributed by atoms with Gasteiger partial charge in [-0.1, -0.05) is 26.2 Å². The molecule has 20 heavy (non-hydrogen) atoms. The normalized spacial score (nSPS) is 29.9. The van der Waals surface area contributed by atoms with Crippen molar-refractivity contribution in [3.63, 3.8) is 0 Å². The smallest absolute Gasteiger partial charge is 0.223 e. The minimum absolute atomic E-state index is 0.246. The van der Waals surface area contributed by atoms with Crippen LogP contribution in [-0.2, 0) is 4.79 Å². The lowest BCUT2D eigenvalue weighted by atomic mass is 9.80. The molecular formula is C17H32N2O. The Hall–Kier alpha value is -0.570. The van der Waals surface area contributed by atoms with Crippen molar-refractivity contribution < 1.29 is 4.79 Å². The van der Waals surface area contributed by atoms with Gasteiger partial charge in [0.05, 0.1) is 0 Å². The second kappa shape index (κ2) is 8.02. The van der Waals surface area contributed by atoms with Crippen LogP contribution in [0.2, 0.25) is 0 Å². The summed E-state index contributed by atoms with van der Waals surface area (Å²) >= 11 is 0. The number of nitrogens with one attached hydrogen (secondary N) is 1. The summed E-state index contributed by atoms with van der Waals surface area (Å²) in [6.45, 7) is 3.00. The lowest BCUT2D eigenvalue weighted by Gasteiger charge is -2.33. The van der Waals surface area contributed by atoms with Gasteiger partial charge in [0.1, 0.15) is 0 Å². The van der Waals surface area contributed by atoms with Crippen LogP contribution in [0.5, 0.6) is 0 Å². The van der Waals surface area contributed by atoms with Gasteiger partial charge in [-0.2, -0.15) is 0 Å². The molecule has 0 heterocycles. The van der Waals surface area contributed by atoms with Gasteiger partial charge in [0.15, 0.2) is 0 Å². The van der Waals surface area contributed by atoms with Crippen molar-refractivity contribution in [2.75, 3.05) is 6.54 Å². The van der Waals surface area contributed by atoms with Gasteiger partial charge in [-0.25, -0.2) is 0 Å². The maximum Gasteiger partial charge on any atom is 0.223 e. The number of carbonyl (C=O) groups excluding carboxylic acids is 1. The van der Waals surface area contributed by atoms with Crippen molar-refractivity contribution in [1.29, 1.82) is 0 Å². The molecule has 2 fully saturated rings. The highest BCUT2D eigenvalue weighted by molar-refractivity contribution is 5.79. The third kappa shape index (κ3) is 4.21. The van der Waals surface area contributed by atoms with Crippen LogP contribution in [0, 0.1) is 17.8 Å². The Kier molecular flexibility index (Phi) is 6.34. The number of hydrogen-bond acceptors (Lipinski definition) is 2. The Morgan fingerprint density at radius 2 is 1.75 bits per heavy atom. The van der Waals surface area contributed by atoms with Crippen molar-refractivity contribution in [2.45, 2.75) is 77.2 Å². The summed E-state index contributed by atoms with van der Waals surface area (Å²) in [6, 6.07) is 0.412. The van der Waals surface area contributed by atoms with Crippen LogP contribution >= 0.6 is 0 Å². The number of carbonyl (C=O) groups is 1. The fourth-order valence-electron chi connectivity index (χ4n) is 4.05.